The van der Waals surface area contributed by atoms with Crippen LogP contribution in [0, 0.1) is 0 Å². The quantitative estimate of drug-likeness (QED) is 0.485. The lowest BCUT2D eigenvalue weighted by atomic mass is 10.1. The first-order chi connectivity index (χ1) is 15.0. The molecule has 0 unspecified atom stereocenters. The molecule has 4 rings (SSSR count). The van der Waals surface area contributed by atoms with Crippen LogP contribution in [0.4, 0.5) is 0 Å². The number of hydrogen-bond acceptors (Lipinski definition) is 7. The second kappa shape index (κ2) is 7.82. The van der Waals surface area contributed by atoms with E-state index in [0.29, 0.717) is 28.5 Å². The van der Waals surface area contributed by atoms with Crippen LogP contribution in [-0.2, 0) is 0 Å². The molecule has 158 valence electrons. The van der Waals surface area contributed by atoms with Crippen molar-refractivity contribution < 1.29 is 19.0 Å². The molecule has 10 heteroatoms. The van der Waals surface area contributed by atoms with Gasteiger partial charge in [0.05, 0.1) is 27.0 Å². The lowest BCUT2D eigenvalue weighted by Gasteiger charge is -2.11. The molecule has 2 aromatic carbocycles. The molecule has 0 aliphatic rings. The fourth-order valence-electron chi connectivity index (χ4n) is 3.31. The number of rotatable bonds is 6. The fourth-order valence-corrected chi connectivity index (χ4v) is 3.31. The molecule has 0 saturated heterocycles. The van der Waals surface area contributed by atoms with Crippen molar-refractivity contribution in [3.63, 3.8) is 0 Å². The zero-order valence-electron chi connectivity index (χ0n) is 17.0. The van der Waals surface area contributed by atoms with Crippen molar-refractivity contribution in [2.24, 2.45) is 5.73 Å². The van der Waals surface area contributed by atoms with E-state index in [0.717, 1.165) is 0 Å². The van der Waals surface area contributed by atoms with Gasteiger partial charge in [-0.05, 0) is 30.3 Å². The number of carbonyl (C=O) groups excluding carboxylic acids is 1. The van der Waals surface area contributed by atoms with Crippen molar-refractivity contribution in [1.29, 1.82) is 0 Å². The monoisotopic (exact) mass is 421 g/mol. The standard InChI is InChI=1S/C21H19N5O5/c1-29-13-7-5-4-6-12(13)26-20-17(24-21(26)28)16(18(22)27)23-19(25-20)11-8-9-14(30-2)15(10-11)31-3/h4-10H,1-3H3,(H2,22,27)(H,24,28). The molecule has 2 heterocycles. The van der Waals surface area contributed by atoms with Crippen LogP contribution in [0.3, 0.4) is 0 Å². The number of methoxy groups -OCH3 is 3. The Labute approximate surface area is 176 Å². The minimum absolute atomic E-state index is 0.111. The van der Waals surface area contributed by atoms with Gasteiger partial charge in [-0.2, -0.15) is 0 Å². The third kappa shape index (κ3) is 3.33. The lowest BCUT2D eigenvalue weighted by molar-refractivity contribution is 0.0997. The number of ether oxygens (including phenoxy) is 3. The number of carbonyl (C=O) groups is 1. The molecule has 3 N–H and O–H groups in total. The highest BCUT2D eigenvalue weighted by Crippen LogP contribution is 2.32. The summed E-state index contributed by atoms with van der Waals surface area (Å²) in [6, 6.07) is 12.0. The molecule has 1 amide bonds. The van der Waals surface area contributed by atoms with Crippen molar-refractivity contribution in [1.82, 2.24) is 19.5 Å². The second-order valence-corrected chi connectivity index (χ2v) is 6.47. The van der Waals surface area contributed by atoms with Gasteiger partial charge in [-0.15, -0.1) is 0 Å². The SMILES string of the molecule is COc1ccc(-c2nc(C(N)=O)c3[nH]c(=O)n(-c4ccccc4OC)c3n2)cc1OC. The van der Waals surface area contributed by atoms with Crippen LogP contribution in [0.25, 0.3) is 28.2 Å². The molecule has 0 fully saturated rings. The molecule has 0 atom stereocenters. The van der Waals surface area contributed by atoms with E-state index in [-0.39, 0.29) is 22.7 Å². The van der Waals surface area contributed by atoms with E-state index in [1.165, 1.54) is 25.9 Å². The second-order valence-electron chi connectivity index (χ2n) is 6.47. The number of nitrogens with one attached hydrogen (secondary N) is 1. The Kier molecular flexibility index (Phi) is 5.04. The first-order valence-corrected chi connectivity index (χ1v) is 9.16. The smallest absolute Gasteiger partial charge is 0.332 e. The van der Waals surface area contributed by atoms with Crippen molar-refractivity contribution in [3.05, 3.63) is 58.6 Å². The summed E-state index contributed by atoms with van der Waals surface area (Å²) < 4.78 is 17.3. The van der Waals surface area contributed by atoms with Crippen molar-refractivity contribution in [2.75, 3.05) is 21.3 Å². The van der Waals surface area contributed by atoms with E-state index in [1.807, 2.05) is 0 Å². The van der Waals surface area contributed by atoms with Crippen LogP contribution in [0.2, 0.25) is 0 Å². The van der Waals surface area contributed by atoms with Crippen molar-refractivity contribution >= 4 is 17.1 Å². The van der Waals surface area contributed by atoms with Gasteiger partial charge in [0.25, 0.3) is 5.91 Å². The van der Waals surface area contributed by atoms with E-state index >= 15 is 0 Å². The topological polar surface area (TPSA) is 134 Å². The number of nitrogens with zero attached hydrogens (tertiary/aromatic N) is 3. The third-order valence-electron chi connectivity index (χ3n) is 4.74. The summed E-state index contributed by atoms with van der Waals surface area (Å²) in [6.45, 7) is 0. The van der Waals surface area contributed by atoms with Gasteiger partial charge in [0.15, 0.2) is 28.7 Å². The predicted octanol–water partition coefficient (Wildman–Crippen LogP) is 1.90. The summed E-state index contributed by atoms with van der Waals surface area (Å²) in [7, 11) is 4.53. The number of nitrogens with two attached hydrogens (primary N) is 1. The molecule has 4 aromatic rings. The Morgan fingerprint density at radius 1 is 0.968 bits per heavy atom. The van der Waals surface area contributed by atoms with Gasteiger partial charge >= 0.3 is 5.69 Å². The highest BCUT2D eigenvalue weighted by atomic mass is 16.5. The third-order valence-corrected chi connectivity index (χ3v) is 4.74. The van der Waals surface area contributed by atoms with Crippen LogP contribution in [-0.4, -0.2) is 46.8 Å². The number of aromatic nitrogens is 4. The number of benzene rings is 2. The van der Waals surface area contributed by atoms with E-state index in [9.17, 15) is 9.59 Å². The van der Waals surface area contributed by atoms with Crippen LogP contribution in [0.5, 0.6) is 17.2 Å². The van der Waals surface area contributed by atoms with Crippen LogP contribution in [0.1, 0.15) is 10.5 Å². The summed E-state index contributed by atoms with van der Waals surface area (Å²) in [5, 5.41) is 0. The Bertz CT molecular complexity index is 1360. The molecule has 0 spiro atoms. The lowest BCUT2D eigenvalue weighted by Crippen LogP contribution is -2.16. The zero-order chi connectivity index (χ0) is 22.1. The van der Waals surface area contributed by atoms with Crippen LogP contribution < -0.4 is 25.6 Å². The van der Waals surface area contributed by atoms with Gasteiger partial charge in [0, 0.05) is 5.56 Å². The highest BCUT2D eigenvalue weighted by Gasteiger charge is 2.22. The Hall–Kier alpha value is -4.34. The molecule has 10 nitrogen and oxygen atoms in total. The number of fused-ring (bicyclic) bond motifs is 1. The highest BCUT2D eigenvalue weighted by molar-refractivity contribution is 6.02. The van der Waals surface area contributed by atoms with Crippen molar-refractivity contribution in [2.45, 2.75) is 0 Å². The van der Waals surface area contributed by atoms with Gasteiger partial charge < -0.3 is 24.9 Å². The molecule has 0 bridgehead atoms. The van der Waals surface area contributed by atoms with E-state index in [1.54, 1.807) is 42.5 Å². The van der Waals surface area contributed by atoms with E-state index < -0.39 is 11.6 Å². The van der Waals surface area contributed by atoms with Crippen molar-refractivity contribution in [3.8, 4) is 34.3 Å². The summed E-state index contributed by atoms with van der Waals surface area (Å²) in [4.78, 5) is 36.4. The number of imidazole rings is 1. The molecule has 2 aromatic heterocycles. The largest absolute Gasteiger partial charge is 0.495 e. The maximum atomic E-state index is 12.8. The minimum atomic E-state index is -0.803. The number of hydrogen-bond donors (Lipinski definition) is 2. The molecular formula is C21H19N5O5. The summed E-state index contributed by atoms with van der Waals surface area (Å²) in [6.07, 6.45) is 0. The summed E-state index contributed by atoms with van der Waals surface area (Å²) in [5.41, 5.74) is 6.24. The van der Waals surface area contributed by atoms with Gasteiger partial charge in [0.1, 0.15) is 11.3 Å². The fraction of sp³-hybridized carbons (Fsp3) is 0.143. The molecule has 31 heavy (non-hydrogen) atoms. The maximum Gasteiger partial charge on any atom is 0.332 e. The van der Waals surface area contributed by atoms with Gasteiger partial charge in [0.2, 0.25) is 0 Å². The molecule has 0 saturated carbocycles. The van der Waals surface area contributed by atoms with E-state index in [2.05, 4.69) is 15.0 Å². The van der Waals surface area contributed by atoms with Gasteiger partial charge in [-0.25, -0.2) is 19.3 Å². The van der Waals surface area contributed by atoms with Gasteiger partial charge in [-0.1, -0.05) is 12.1 Å². The minimum Gasteiger partial charge on any atom is -0.495 e. The Balaban J connectivity index is 2.04. The number of aromatic amines is 1. The molecule has 0 radical (unpaired) electrons. The van der Waals surface area contributed by atoms with E-state index in [4.69, 9.17) is 19.9 Å². The first-order valence-electron chi connectivity index (χ1n) is 9.16. The Morgan fingerprint density at radius 2 is 1.68 bits per heavy atom. The average Bonchev–Trinajstić information content (AvgIpc) is 3.12. The maximum absolute atomic E-state index is 12.8. The summed E-state index contributed by atoms with van der Waals surface area (Å²) in [5.74, 6) is 0.820. The van der Waals surface area contributed by atoms with Gasteiger partial charge in [-0.3, -0.25) is 4.79 Å². The Morgan fingerprint density at radius 3 is 2.35 bits per heavy atom. The number of primary amides is 1. The zero-order valence-corrected chi connectivity index (χ0v) is 17.0. The number of para-hydroxylation sites is 2. The summed E-state index contributed by atoms with van der Waals surface area (Å²) >= 11 is 0. The molecule has 0 aliphatic carbocycles. The first kappa shape index (κ1) is 20.0. The van der Waals surface area contributed by atoms with Crippen LogP contribution >= 0.6 is 0 Å². The number of H-pyrrole nitrogens is 1. The molecule has 0 aliphatic heterocycles. The molecular weight excluding hydrogens is 402 g/mol. The van der Waals surface area contributed by atoms with Crippen LogP contribution in [0.15, 0.2) is 47.3 Å². The predicted molar refractivity (Wildman–Crippen MR) is 113 cm³/mol. The average molecular weight is 421 g/mol. The number of amides is 1. The normalized spacial score (nSPS) is 10.8.